The maximum absolute atomic E-state index is 5.65. The van der Waals surface area contributed by atoms with E-state index in [0.717, 1.165) is 12.5 Å². The van der Waals surface area contributed by atoms with Gasteiger partial charge in [-0.15, -0.1) is 0 Å². The average Bonchev–Trinajstić information content (AvgIpc) is 2.31. The fraction of sp³-hybridized carbons (Fsp3) is 1.00. The SMILES string of the molecule is CC(CN)CC1CCCN(C)CC1. The number of nitrogens with two attached hydrogens (primary N) is 1. The Balaban J connectivity index is 2.25. The summed E-state index contributed by atoms with van der Waals surface area (Å²) < 4.78 is 0. The fourth-order valence-corrected chi connectivity index (χ4v) is 2.21. The highest BCUT2D eigenvalue weighted by Crippen LogP contribution is 2.23. The Labute approximate surface area is 82.5 Å². The van der Waals surface area contributed by atoms with Crippen LogP contribution < -0.4 is 5.73 Å². The van der Waals surface area contributed by atoms with Gasteiger partial charge in [-0.25, -0.2) is 0 Å². The van der Waals surface area contributed by atoms with Crippen LogP contribution in [0.2, 0.25) is 0 Å². The van der Waals surface area contributed by atoms with Crippen molar-refractivity contribution >= 4 is 0 Å². The summed E-state index contributed by atoms with van der Waals surface area (Å²) in [7, 11) is 2.23. The van der Waals surface area contributed by atoms with Crippen molar-refractivity contribution < 1.29 is 0 Å². The second kappa shape index (κ2) is 5.61. The van der Waals surface area contributed by atoms with Gasteiger partial charge in [-0.1, -0.05) is 6.92 Å². The van der Waals surface area contributed by atoms with Gasteiger partial charge < -0.3 is 10.6 Å². The van der Waals surface area contributed by atoms with Gasteiger partial charge in [0.2, 0.25) is 0 Å². The Morgan fingerprint density at radius 1 is 1.38 bits per heavy atom. The lowest BCUT2D eigenvalue weighted by molar-refractivity contribution is 0.326. The molecular formula is C11H24N2. The van der Waals surface area contributed by atoms with Gasteiger partial charge in [-0.3, -0.25) is 0 Å². The summed E-state index contributed by atoms with van der Waals surface area (Å²) in [5, 5.41) is 0. The maximum Gasteiger partial charge on any atom is -0.00191 e. The smallest absolute Gasteiger partial charge is 0.00191 e. The molecule has 1 aliphatic heterocycles. The van der Waals surface area contributed by atoms with Crippen LogP contribution in [0.4, 0.5) is 0 Å². The molecule has 1 aliphatic rings. The Bertz CT molecular complexity index is 136. The molecule has 2 N–H and O–H groups in total. The molecule has 0 spiro atoms. The van der Waals surface area contributed by atoms with Crippen LogP contribution in [0.1, 0.15) is 32.6 Å². The number of nitrogens with zero attached hydrogens (tertiary/aromatic N) is 1. The number of likely N-dealkylation sites (tertiary alicyclic amines) is 1. The van der Waals surface area contributed by atoms with Crippen LogP contribution in [0.15, 0.2) is 0 Å². The lowest BCUT2D eigenvalue weighted by Gasteiger charge is -2.18. The van der Waals surface area contributed by atoms with E-state index in [2.05, 4.69) is 18.9 Å². The molecule has 2 heteroatoms. The first-order valence-corrected chi connectivity index (χ1v) is 5.61. The molecule has 0 aromatic heterocycles. The molecule has 2 nitrogen and oxygen atoms in total. The standard InChI is InChI=1S/C11H24N2/c1-10(9-12)8-11-4-3-6-13(2)7-5-11/h10-11H,3-9,12H2,1-2H3. The van der Waals surface area contributed by atoms with Gasteiger partial charge >= 0.3 is 0 Å². The first kappa shape index (κ1) is 11.0. The monoisotopic (exact) mass is 184 g/mol. The van der Waals surface area contributed by atoms with Gasteiger partial charge in [0, 0.05) is 0 Å². The lowest BCUT2D eigenvalue weighted by Crippen LogP contribution is -2.19. The second-order valence-electron chi connectivity index (χ2n) is 4.68. The highest BCUT2D eigenvalue weighted by atomic mass is 15.1. The molecule has 1 heterocycles. The van der Waals surface area contributed by atoms with Crippen molar-refractivity contribution in [1.29, 1.82) is 0 Å². The van der Waals surface area contributed by atoms with E-state index in [-0.39, 0.29) is 0 Å². The van der Waals surface area contributed by atoms with Crippen LogP contribution in [0.5, 0.6) is 0 Å². The zero-order valence-electron chi connectivity index (χ0n) is 9.13. The zero-order valence-corrected chi connectivity index (χ0v) is 9.13. The largest absolute Gasteiger partial charge is 0.330 e. The summed E-state index contributed by atoms with van der Waals surface area (Å²) in [6.07, 6.45) is 5.50. The summed E-state index contributed by atoms with van der Waals surface area (Å²) in [5.74, 6) is 1.65. The van der Waals surface area contributed by atoms with Crippen LogP contribution >= 0.6 is 0 Å². The van der Waals surface area contributed by atoms with Crippen molar-refractivity contribution in [3.05, 3.63) is 0 Å². The Morgan fingerprint density at radius 2 is 2.15 bits per heavy atom. The van der Waals surface area contributed by atoms with E-state index in [1.165, 1.54) is 38.8 Å². The van der Waals surface area contributed by atoms with E-state index in [1.54, 1.807) is 0 Å². The van der Waals surface area contributed by atoms with Gasteiger partial charge in [-0.05, 0) is 64.2 Å². The molecule has 0 aromatic rings. The number of hydrogen-bond donors (Lipinski definition) is 1. The minimum absolute atomic E-state index is 0.716. The summed E-state index contributed by atoms with van der Waals surface area (Å²) in [4.78, 5) is 2.45. The minimum atomic E-state index is 0.716. The van der Waals surface area contributed by atoms with E-state index in [4.69, 9.17) is 5.73 Å². The average molecular weight is 184 g/mol. The van der Waals surface area contributed by atoms with Gasteiger partial charge in [-0.2, -0.15) is 0 Å². The van der Waals surface area contributed by atoms with Gasteiger partial charge in [0.25, 0.3) is 0 Å². The summed E-state index contributed by atoms with van der Waals surface area (Å²) >= 11 is 0. The molecule has 78 valence electrons. The van der Waals surface area contributed by atoms with Crippen molar-refractivity contribution in [2.75, 3.05) is 26.7 Å². The highest BCUT2D eigenvalue weighted by Gasteiger charge is 2.16. The van der Waals surface area contributed by atoms with Crippen molar-refractivity contribution in [3.63, 3.8) is 0 Å². The Morgan fingerprint density at radius 3 is 2.85 bits per heavy atom. The Hall–Kier alpha value is -0.0800. The van der Waals surface area contributed by atoms with E-state index in [0.29, 0.717) is 5.92 Å². The van der Waals surface area contributed by atoms with Crippen molar-refractivity contribution in [2.24, 2.45) is 17.6 Å². The molecule has 0 saturated carbocycles. The van der Waals surface area contributed by atoms with E-state index in [9.17, 15) is 0 Å². The van der Waals surface area contributed by atoms with Gasteiger partial charge in [0.15, 0.2) is 0 Å². The van der Waals surface area contributed by atoms with Crippen molar-refractivity contribution in [2.45, 2.75) is 32.6 Å². The normalized spacial score (nSPS) is 28.4. The molecule has 2 atom stereocenters. The third-order valence-electron chi connectivity index (χ3n) is 3.21. The lowest BCUT2D eigenvalue weighted by atomic mass is 9.90. The molecule has 0 bridgehead atoms. The molecule has 2 unspecified atom stereocenters. The topological polar surface area (TPSA) is 29.3 Å². The molecule has 0 amide bonds. The van der Waals surface area contributed by atoms with Crippen LogP contribution in [0.3, 0.4) is 0 Å². The molecule has 1 fully saturated rings. The number of rotatable bonds is 3. The quantitative estimate of drug-likeness (QED) is 0.723. The van der Waals surface area contributed by atoms with Crippen LogP contribution in [-0.2, 0) is 0 Å². The molecule has 1 rings (SSSR count). The van der Waals surface area contributed by atoms with E-state index in [1.807, 2.05) is 0 Å². The zero-order chi connectivity index (χ0) is 9.68. The van der Waals surface area contributed by atoms with Crippen LogP contribution in [-0.4, -0.2) is 31.6 Å². The molecule has 0 radical (unpaired) electrons. The first-order valence-electron chi connectivity index (χ1n) is 5.61. The fourth-order valence-electron chi connectivity index (χ4n) is 2.21. The Kier molecular flexibility index (Phi) is 4.74. The third-order valence-corrected chi connectivity index (χ3v) is 3.21. The molecular weight excluding hydrogens is 160 g/mol. The predicted molar refractivity (Wildman–Crippen MR) is 57.7 cm³/mol. The van der Waals surface area contributed by atoms with Crippen molar-refractivity contribution in [1.82, 2.24) is 4.90 Å². The van der Waals surface area contributed by atoms with Crippen molar-refractivity contribution in [3.8, 4) is 0 Å². The molecule has 13 heavy (non-hydrogen) atoms. The minimum Gasteiger partial charge on any atom is -0.330 e. The summed E-state index contributed by atoms with van der Waals surface area (Å²) in [6, 6.07) is 0. The number of hydrogen-bond acceptors (Lipinski definition) is 2. The first-order chi connectivity index (χ1) is 6.22. The van der Waals surface area contributed by atoms with Gasteiger partial charge in [0.1, 0.15) is 0 Å². The van der Waals surface area contributed by atoms with Crippen LogP contribution in [0.25, 0.3) is 0 Å². The molecule has 0 aromatic carbocycles. The third kappa shape index (κ3) is 4.10. The summed E-state index contributed by atoms with van der Waals surface area (Å²) in [6.45, 7) is 5.69. The van der Waals surface area contributed by atoms with Crippen LogP contribution in [0, 0.1) is 11.8 Å². The predicted octanol–water partition coefficient (Wildman–Crippen LogP) is 1.70. The highest BCUT2D eigenvalue weighted by molar-refractivity contribution is 4.70. The second-order valence-corrected chi connectivity index (χ2v) is 4.68. The van der Waals surface area contributed by atoms with E-state index < -0.39 is 0 Å². The maximum atomic E-state index is 5.65. The molecule has 0 aliphatic carbocycles. The summed E-state index contributed by atoms with van der Waals surface area (Å²) in [5.41, 5.74) is 5.65. The van der Waals surface area contributed by atoms with E-state index >= 15 is 0 Å². The molecule has 1 saturated heterocycles. The van der Waals surface area contributed by atoms with Gasteiger partial charge in [0.05, 0.1) is 0 Å².